The molecule has 0 saturated carbocycles. The Balaban J connectivity index is 1.65. The number of nitrogens with one attached hydrogen (secondary N) is 1. The summed E-state index contributed by atoms with van der Waals surface area (Å²) in [6, 6.07) is 9.12. The number of hydrogen-bond donors (Lipinski definition) is 1. The van der Waals surface area contributed by atoms with Gasteiger partial charge in [-0.2, -0.15) is 0 Å². The molecule has 0 aromatic carbocycles. The Morgan fingerprint density at radius 2 is 2.00 bits per heavy atom. The second kappa shape index (κ2) is 7.42. The maximum Gasteiger partial charge on any atom is 0.255 e. The molecule has 2 amide bonds. The Morgan fingerprint density at radius 1 is 1.16 bits per heavy atom. The molecule has 1 fully saturated rings. The van der Waals surface area contributed by atoms with Gasteiger partial charge in [0.05, 0.1) is 11.5 Å². The Kier molecular flexibility index (Phi) is 5.07. The average molecular weight is 338 g/mol. The van der Waals surface area contributed by atoms with Gasteiger partial charge in [0.25, 0.3) is 5.91 Å². The molecule has 1 aliphatic heterocycles. The minimum atomic E-state index is -0.224. The van der Waals surface area contributed by atoms with Gasteiger partial charge in [0, 0.05) is 30.7 Å². The fourth-order valence-electron chi connectivity index (χ4n) is 2.99. The standard InChI is InChI=1S/C19H22N4O2/c1-13-8-9-15(11-20-13)19(25)23-10-4-6-16(12-23)18(24)22-17-7-3-5-14(2)21-17/h3,5,7-9,11,16H,4,6,10,12H2,1-2H3,(H,21,22,24). The van der Waals surface area contributed by atoms with Crippen LogP contribution >= 0.6 is 0 Å². The highest BCUT2D eigenvalue weighted by atomic mass is 16.2. The number of aromatic nitrogens is 2. The maximum atomic E-state index is 12.6. The summed E-state index contributed by atoms with van der Waals surface area (Å²) >= 11 is 0. The normalized spacial score (nSPS) is 17.2. The molecule has 130 valence electrons. The zero-order chi connectivity index (χ0) is 17.8. The summed E-state index contributed by atoms with van der Waals surface area (Å²) in [5, 5.41) is 2.86. The molecule has 1 saturated heterocycles. The van der Waals surface area contributed by atoms with E-state index in [9.17, 15) is 9.59 Å². The lowest BCUT2D eigenvalue weighted by molar-refractivity contribution is -0.121. The van der Waals surface area contributed by atoms with Crippen molar-refractivity contribution in [2.24, 2.45) is 5.92 Å². The van der Waals surface area contributed by atoms with Crippen molar-refractivity contribution < 1.29 is 9.59 Å². The molecule has 6 nitrogen and oxygen atoms in total. The summed E-state index contributed by atoms with van der Waals surface area (Å²) in [5.41, 5.74) is 2.29. The summed E-state index contributed by atoms with van der Waals surface area (Å²) in [6.45, 7) is 4.85. The fraction of sp³-hybridized carbons (Fsp3) is 0.368. The van der Waals surface area contributed by atoms with Crippen molar-refractivity contribution in [3.05, 3.63) is 53.5 Å². The Bertz CT molecular complexity index is 773. The van der Waals surface area contributed by atoms with Crippen LogP contribution in [0.15, 0.2) is 36.5 Å². The highest BCUT2D eigenvalue weighted by Gasteiger charge is 2.29. The number of amides is 2. The number of nitrogens with zero attached hydrogens (tertiary/aromatic N) is 3. The van der Waals surface area contributed by atoms with Crippen LogP contribution in [0, 0.1) is 19.8 Å². The van der Waals surface area contributed by atoms with Gasteiger partial charge in [-0.1, -0.05) is 6.07 Å². The summed E-state index contributed by atoms with van der Waals surface area (Å²) in [6.07, 6.45) is 3.18. The van der Waals surface area contributed by atoms with Crippen molar-refractivity contribution in [1.29, 1.82) is 0 Å². The summed E-state index contributed by atoms with van der Waals surface area (Å²) < 4.78 is 0. The molecule has 0 bridgehead atoms. The van der Waals surface area contributed by atoms with Crippen LogP contribution < -0.4 is 5.32 Å². The molecule has 0 radical (unpaired) electrons. The van der Waals surface area contributed by atoms with Crippen molar-refractivity contribution in [3.8, 4) is 0 Å². The second-order valence-electron chi connectivity index (χ2n) is 6.43. The number of anilines is 1. The van der Waals surface area contributed by atoms with Crippen LogP contribution in [-0.4, -0.2) is 39.8 Å². The molecule has 1 unspecified atom stereocenters. The van der Waals surface area contributed by atoms with Crippen LogP contribution in [-0.2, 0) is 4.79 Å². The molecule has 25 heavy (non-hydrogen) atoms. The van der Waals surface area contributed by atoms with Crippen LogP contribution in [0.4, 0.5) is 5.82 Å². The van der Waals surface area contributed by atoms with Gasteiger partial charge in [0.2, 0.25) is 5.91 Å². The van der Waals surface area contributed by atoms with Gasteiger partial charge in [0.15, 0.2) is 0 Å². The molecule has 1 atom stereocenters. The van der Waals surface area contributed by atoms with Gasteiger partial charge in [0.1, 0.15) is 5.82 Å². The van der Waals surface area contributed by atoms with Gasteiger partial charge >= 0.3 is 0 Å². The molecule has 2 aromatic heterocycles. The first-order valence-corrected chi connectivity index (χ1v) is 8.49. The van der Waals surface area contributed by atoms with E-state index in [4.69, 9.17) is 0 Å². The van der Waals surface area contributed by atoms with Crippen molar-refractivity contribution in [1.82, 2.24) is 14.9 Å². The molecule has 1 N–H and O–H groups in total. The quantitative estimate of drug-likeness (QED) is 0.933. The van der Waals surface area contributed by atoms with Crippen LogP contribution in [0.5, 0.6) is 0 Å². The number of aryl methyl sites for hydroxylation is 2. The van der Waals surface area contributed by atoms with E-state index in [0.29, 0.717) is 24.5 Å². The predicted octanol–water partition coefficient (Wildman–Crippen LogP) is 2.58. The molecule has 3 rings (SSSR count). The number of likely N-dealkylation sites (tertiary alicyclic amines) is 1. The maximum absolute atomic E-state index is 12.6. The molecule has 0 aliphatic carbocycles. The predicted molar refractivity (Wildman–Crippen MR) is 95.2 cm³/mol. The van der Waals surface area contributed by atoms with Crippen molar-refractivity contribution in [2.45, 2.75) is 26.7 Å². The molecule has 6 heteroatoms. The zero-order valence-corrected chi connectivity index (χ0v) is 14.5. The van der Waals surface area contributed by atoms with Crippen molar-refractivity contribution >= 4 is 17.6 Å². The third-order valence-corrected chi connectivity index (χ3v) is 4.38. The molecular weight excluding hydrogens is 316 g/mol. The second-order valence-corrected chi connectivity index (χ2v) is 6.43. The van der Waals surface area contributed by atoms with E-state index in [-0.39, 0.29) is 17.7 Å². The Labute approximate surface area is 147 Å². The number of carbonyl (C=O) groups is 2. The minimum Gasteiger partial charge on any atom is -0.338 e. The molecule has 2 aromatic rings. The largest absolute Gasteiger partial charge is 0.338 e. The lowest BCUT2D eigenvalue weighted by Gasteiger charge is -2.32. The third kappa shape index (κ3) is 4.21. The number of piperidine rings is 1. The SMILES string of the molecule is Cc1ccc(C(=O)N2CCCC(C(=O)Nc3cccc(C)n3)C2)cn1. The van der Waals surface area contributed by atoms with Crippen molar-refractivity contribution in [2.75, 3.05) is 18.4 Å². The van der Waals surface area contributed by atoms with Crippen molar-refractivity contribution in [3.63, 3.8) is 0 Å². The Morgan fingerprint density at radius 3 is 2.72 bits per heavy atom. The first-order chi connectivity index (χ1) is 12.0. The van der Waals surface area contributed by atoms with Gasteiger partial charge in [-0.15, -0.1) is 0 Å². The van der Waals surface area contributed by atoms with Crippen LogP contribution in [0.1, 0.15) is 34.6 Å². The number of pyridine rings is 2. The highest BCUT2D eigenvalue weighted by molar-refractivity contribution is 5.95. The number of hydrogen-bond acceptors (Lipinski definition) is 4. The van der Waals surface area contributed by atoms with E-state index >= 15 is 0 Å². The van der Waals surface area contributed by atoms with Crippen LogP contribution in [0.25, 0.3) is 0 Å². The molecular formula is C19H22N4O2. The first kappa shape index (κ1) is 17.1. The summed E-state index contributed by atoms with van der Waals surface area (Å²) in [5.74, 6) is 0.172. The van der Waals surface area contributed by atoms with Crippen LogP contribution in [0.3, 0.4) is 0 Å². The van der Waals surface area contributed by atoms with Gasteiger partial charge in [-0.25, -0.2) is 4.98 Å². The summed E-state index contributed by atoms with van der Waals surface area (Å²) in [7, 11) is 0. The summed E-state index contributed by atoms with van der Waals surface area (Å²) in [4.78, 5) is 35.4. The van der Waals surface area contributed by atoms with E-state index in [0.717, 1.165) is 24.2 Å². The molecule has 1 aliphatic rings. The fourth-order valence-corrected chi connectivity index (χ4v) is 2.99. The van der Waals surface area contributed by atoms with E-state index < -0.39 is 0 Å². The smallest absolute Gasteiger partial charge is 0.255 e. The monoisotopic (exact) mass is 338 g/mol. The van der Waals surface area contributed by atoms with Gasteiger partial charge in [-0.3, -0.25) is 14.6 Å². The first-order valence-electron chi connectivity index (χ1n) is 8.49. The third-order valence-electron chi connectivity index (χ3n) is 4.38. The number of rotatable bonds is 3. The Hall–Kier alpha value is -2.76. The van der Waals surface area contributed by atoms with E-state index in [1.54, 1.807) is 23.2 Å². The molecule has 3 heterocycles. The van der Waals surface area contributed by atoms with Gasteiger partial charge in [-0.05, 0) is 51.0 Å². The highest BCUT2D eigenvalue weighted by Crippen LogP contribution is 2.20. The van der Waals surface area contributed by atoms with Crippen LogP contribution in [0.2, 0.25) is 0 Å². The van der Waals surface area contributed by atoms with E-state index in [1.807, 2.05) is 32.0 Å². The van der Waals surface area contributed by atoms with E-state index in [1.165, 1.54) is 0 Å². The minimum absolute atomic E-state index is 0.0707. The topological polar surface area (TPSA) is 75.2 Å². The van der Waals surface area contributed by atoms with Gasteiger partial charge < -0.3 is 10.2 Å². The van der Waals surface area contributed by atoms with E-state index in [2.05, 4.69) is 15.3 Å². The lowest BCUT2D eigenvalue weighted by atomic mass is 9.96. The zero-order valence-electron chi connectivity index (χ0n) is 14.5. The average Bonchev–Trinajstić information content (AvgIpc) is 2.62. The lowest BCUT2D eigenvalue weighted by Crippen LogP contribution is -2.43. The molecule has 0 spiro atoms. The number of carbonyl (C=O) groups excluding carboxylic acids is 2.